The second-order valence-electron chi connectivity index (χ2n) is 5.69. The van der Waals surface area contributed by atoms with Gasteiger partial charge in [0.1, 0.15) is 17.3 Å². The Morgan fingerprint density at radius 3 is 2.90 bits per heavy atom. The number of rotatable bonds is 3. The fourth-order valence-corrected chi connectivity index (χ4v) is 2.12. The minimum Gasteiger partial charge on any atom is -0.459 e. The van der Waals surface area contributed by atoms with Gasteiger partial charge in [-0.2, -0.15) is 0 Å². The van der Waals surface area contributed by atoms with Gasteiger partial charge in [-0.3, -0.25) is 4.79 Å². The third kappa shape index (κ3) is 3.80. The normalized spacial score (nSPS) is 13.4. The van der Waals surface area contributed by atoms with Crippen molar-refractivity contribution in [3.05, 3.63) is 34.7 Å². The molecule has 0 aliphatic heterocycles. The van der Waals surface area contributed by atoms with E-state index in [0.717, 1.165) is 15.8 Å². The molecule has 1 atom stereocenters. The van der Waals surface area contributed by atoms with Gasteiger partial charge in [0.25, 0.3) is 0 Å². The summed E-state index contributed by atoms with van der Waals surface area (Å²) in [6.07, 6.45) is 4.12. The van der Waals surface area contributed by atoms with Crippen molar-refractivity contribution < 1.29 is 9.53 Å². The van der Waals surface area contributed by atoms with Crippen LogP contribution < -0.4 is 5.73 Å². The Bertz CT molecular complexity index is 631. The molecule has 0 saturated heterocycles. The SMILES string of the molecule is CC(C)(C)OC(=O)[C@@H](N)Cc1cn2ccc(Br)cc2n1. The molecular weight excluding hydrogens is 322 g/mol. The number of nitrogens with zero attached hydrogens (tertiary/aromatic N) is 2. The third-order valence-electron chi connectivity index (χ3n) is 2.61. The highest BCUT2D eigenvalue weighted by Gasteiger charge is 2.23. The van der Waals surface area contributed by atoms with E-state index in [1.54, 1.807) is 0 Å². The Morgan fingerprint density at radius 1 is 1.55 bits per heavy atom. The molecule has 5 nitrogen and oxygen atoms in total. The number of halogens is 1. The highest BCUT2D eigenvalue weighted by Crippen LogP contribution is 2.14. The monoisotopic (exact) mass is 339 g/mol. The summed E-state index contributed by atoms with van der Waals surface area (Å²) in [5, 5.41) is 0. The van der Waals surface area contributed by atoms with Crippen molar-refractivity contribution in [2.24, 2.45) is 5.73 Å². The summed E-state index contributed by atoms with van der Waals surface area (Å²) in [6, 6.07) is 3.12. The number of fused-ring (bicyclic) bond motifs is 1. The first kappa shape index (κ1) is 15.0. The molecule has 2 aromatic heterocycles. The van der Waals surface area contributed by atoms with Crippen molar-refractivity contribution in [3.63, 3.8) is 0 Å². The fraction of sp³-hybridized carbons (Fsp3) is 0.429. The van der Waals surface area contributed by atoms with Gasteiger partial charge in [0.2, 0.25) is 0 Å². The van der Waals surface area contributed by atoms with E-state index < -0.39 is 17.6 Å². The minimum atomic E-state index is -0.706. The van der Waals surface area contributed by atoms with Crippen LogP contribution in [0.4, 0.5) is 0 Å². The molecule has 0 unspecified atom stereocenters. The molecule has 20 heavy (non-hydrogen) atoms. The molecule has 0 bridgehead atoms. The van der Waals surface area contributed by atoms with Gasteiger partial charge in [0.05, 0.1) is 5.69 Å². The summed E-state index contributed by atoms with van der Waals surface area (Å²) >= 11 is 3.40. The van der Waals surface area contributed by atoms with Gasteiger partial charge in [-0.05, 0) is 32.9 Å². The summed E-state index contributed by atoms with van der Waals surface area (Å²) in [5.41, 5.74) is 6.92. The highest BCUT2D eigenvalue weighted by atomic mass is 79.9. The molecule has 2 rings (SSSR count). The lowest BCUT2D eigenvalue weighted by atomic mass is 10.1. The quantitative estimate of drug-likeness (QED) is 0.871. The number of carbonyl (C=O) groups excluding carboxylic acids is 1. The average molecular weight is 340 g/mol. The number of aromatic nitrogens is 2. The van der Waals surface area contributed by atoms with Gasteiger partial charge in [-0.15, -0.1) is 0 Å². The van der Waals surface area contributed by atoms with Crippen LogP contribution in [0.3, 0.4) is 0 Å². The summed E-state index contributed by atoms with van der Waals surface area (Å²) < 4.78 is 8.11. The lowest BCUT2D eigenvalue weighted by molar-refractivity contribution is -0.156. The lowest BCUT2D eigenvalue weighted by Gasteiger charge is -2.21. The molecule has 108 valence electrons. The van der Waals surface area contributed by atoms with E-state index in [2.05, 4.69) is 20.9 Å². The molecule has 0 spiro atoms. The first-order valence-corrected chi connectivity index (χ1v) is 7.15. The number of esters is 1. The summed E-state index contributed by atoms with van der Waals surface area (Å²) in [6.45, 7) is 5.46. The van der Waals surface area contributed by atoms with E-state index in [1.165, 1.54) is 0 Å². The van der Waals surface area contributed by atoms with Crippen LogP contribution in [-0.4, -0.2) is 27.0 Å². The van der Waals surface area contributed by atoms with Crippen molar-refractivity contribution in [1.82, 2.24) is 9.38 Å². The predicted molar refractivity (Wildman–Crippen MR) is 80.4 cm³/mol. The number of ether oxygens (including phenoxy) is 1. The number of pyridine rings is 1. The summed E-state index contributed by atoms with van der Waals surface area (Å²) in [7, 11) is 0. The molecule has 2 N–H and O–H groups in total. The molecule has 2 heterocycles. The first-order chi connectivity index (χ1) is 9.24. The van der Waals surface area contributed by atoms with Gasteiger partial charge in [0.15, 0.2) is 0 Å². The van der Waals surface area contributed by atoms with Crippen LogP contribution in [0, 0.1) is 0 Å². The molecular formula is C14H18BrN3O2. The molecule has 0 saturated carbocycles. The zero-order valence-electron chi connectivity index (χ0n) is 11.8. The zero-order chi connectivity index (χ0) is 14.9. The van der Waals surface area contributed by atoms with Crippen molar-refractivity contribution in [3.8, 4) is 0 Å². The first-order valence-electron chi connectivity index (χ1n) is 6.36. The molecule has 0 fully saturated rings. The van der Waals surface area contributed by atoms with Gasteiger partial charge >= 0.3 is 5.97 Å². The number of carbonyl (C=O) groups is 1. The molecule has 2 aromatic rings. The summed E-state index contributed by atoms with van der Waals surface area (Å²) in [4.78, 5) is 16.3. The second kappa shape index (κ2) is 5.54. The Hall–Kier alpha value is -1.40. The molecule has 0 amide bonds. The Morgan fingerprint density at radius 2 is 2.25 bits per heavy atom. The van der Waals surface area contributed by atoms with Gasteiger partial charge in [-0.1, -0.05) is 15.9 Å². The fourth-order valence-electron chi connectivity index (χ4n) is 1.79. The van der Waals surface area contributed by atoms with Crippen molar-refractivity contribution >= 4 is 27.5 Å². The van der Waals surface area contributed by atoms with Crippen LogP contribution in [-0.2, 0) is 16.0 Å². The standard InChI is InChI=1S/C14H18BrN3O2/c1-14(2,3)20-13(19)11(16)7-10-8-18-5-4-9(15)6-12(18)17-10/h4-6,8,11H,7,16H2,1-3H3/t11-/m0/s1. The maximum absolute atomic E-state index is 11.8. The van der Waals surface area contributed by atoms with Crippen LogP contribution in [0.2, 0.25) is 0 Å². The van der Waals surface area contributed by atoms with E-state index >= 15 is 0 Å². The van der Waals surface area contributed by atoms with Gasteiger partial charge in [0, 0.05) is 23.3 Å². The molecule has 0 aromatic carbocycles. The molecule has 0 radical (unpaired) electrons. The smallest absolute Gasteiger partial charge is 0.323 e. The van der Waals surface area contributed by atoms with E-state index in [9.17, 15) is 4.79 Å². The van der Waals surface area contributed by atoms with Crippen molar-refractivity contribution in [1.29, 1.82) is 0 Å². The lowest BCUT2D eigenvalue weighted by Crippen LogP contribution is -2.38. The maximum Gasteiger partial charge on any atom is 0.323 e. The number of hydrogen-bond donors (Lipinski definition) is 1. The number of hydrogen-bond acceptors (Lipinski definition) is 4. The largest absolute Gasteiger partial charge is 0.459 e. The number of nitrogens with two attached hydrogens (primary N) is 1. The molecule has 0 aliphatic rings. The molecule has 0 aliphatic carbocycles. The van der Waals surface area contributed by atoms with Gasteiger partial charge in [-0.25, -0.2) is 4.98 Å². The van der Waals surface area contributed by atoms with Crippen LogP contribution in [0.25, 0.3) is 5.65 Å². The van der Waals surface area contributed by atoms with E-state index in [4.69, 9.17) is 10.5 Å². The predicted octanol–water partition coefficient (Wildman–Crippen LogP) is 2.31. The average Bonchev–Trinajstić information content (AvgIpc) is 2.67. The minimum absolute atomic E-state index is 0.355. The Balaban J connectivity index is 2.09. The van der Waals surface area contributed by atoms with E-state index in [0.29, 0.717) is 6.42 Å². The Labute approximate surface area is 126 Å². The topological polar surface area (TPSA) is 69.6 Å². The zero-order valence-corrected chi connectivity index (χ0v) is 13.3. The van der Waals surface area contributed by atoms with Crippen molar-refractivity contribution in [2.75, 3.05) is 0 Å². The van der Waals surface area contributed by atoms with Crippen molar-refractivity contribution in [2.45, 2.75) is 38.8 Å². The van der Waals surface area contributed by atoms with Crippen LogP contribution in [0.15, 0.2) is 29.0 Å². The van der Waals surface area contributed by atoms with Crippen LogP contribution in [0.1, 0.15) is 26.5 Å². The highest BCUT2D eigenvalue weighted by molar-refractivity contribution is 9.10. The van der Waals surface area contributed by atoms with Crippen LogP contribution in [0.5, 0.6) is 0 Å². The van der Waals surface area contributed by atoms with Gasteiger partial charge < -0.3 is 14.9 Å². The summed E-state index contributed by atoms with van der Waals surface area (Å²) in [5.74, 6) is -0.407. The van der Waals surface area contributed by atoms with E-state index in [1.807, 2.05) is 49.7 Å². The third-order valence-corrected chi connectivity index (χ3v) is 3.10. The Kier molecular flexibility index (Phi) is 4.15. The molecule has 6 heteroatoms. The maximum atomic E-state index is 11.8. The van der Waals surface area contributed by atoms with E-state index in [-0.39, 0.29) is 0 Å². The number of imidazole rings is 1. The van der Waals surface area contributed by atoms with Crippen LogP contribution >= 0.6 is 15.9 Å². The second-order valence-corrected chi connectivity index (χ2v) is 6.60.